The molecule has 1 aliphatic carbocycles. The molecule has 250 valence electrons. The Labute approximate surface area is 287 Å². The highest BCUT2D eigenvalue weighted by atomic mass is 32.1. The molecule has 9 rings (SSSR count). The summed E-state index contributed by atoms with van der Waals surface area (Å²) in [7, 11) is 0. The minimum absolute atomic E-state index is 0.0360. The summed E-state index contributed by atoms with van der Waals surface area (Å²) >= 11 is 1.69. The van der Waals surface area contributed by atoms with E-state index < -0.39 is 6.23 Å². The molecule has 4 aromatic heterocycles. The number of aromatic amines is 2. The lowest BCUT2D eigenvalue weighted by Gasteiger charge is -2.38. The molecule has 2 N–H and O–H groups in total. The van der Waals surface area contributed by atoms with Gasteiger partial charge in [0.05, 0.1) is 50.4 Å². The van der Waals surface area contributed by atoms with Gasteiger partial charge in [-0.1, -0.05) is 19.9 Å². The average Bonchev–Trinajstić information content (AvgIpc) is 3.53. The minimum atomic E-state index is -0.494. The number of aromatic nitrogens is 6. The van der Waals surface area contributed by atoms with Gasteiger partial charge in [-0.25, -0.2) is 19.3 Å². The highest BCUT2D eigenvalue weighted by molar-refractivity contribution is 7.11. The van der Waals surface area contributed by atoms with E-state index in [4.69, 9.17) is 14.7 Å². The molecule has 3 aliphatic rings. The topological polar surface area (TPSA) is 105 Å². The van der Waals surface area contributed by atoms with Crippen molar-refractivity contribution in [2.45, 2.75) is 83.4 Å². The van der Waals surface area contributed by atoms with Gasteiger partial charge in [-0.2, -0.15) is 0 Å². The van der Waals surface area contributed by atoms with E-state index in [0.717, 1.165) is 80.9 Å². The molecule has 1 saturated heterocycles. The Balaban J connectivity index is 1.12. The molecule has 0 spiro atoms. The first kappa shape index (κ1) is 30.3. The van der Waals surface area contributed by atoms with Gasteiger partial charge in [0.15, 0.2) is 0 Å². The first-order chi connectivity index (χ1) is 23.9. The number of H-pyrrole nitrogens is 2. The summed E-state index contributed by atoms with van der Waals surface area (Å²) in [5.74, 6) is 2.67. The molecule has 2 aliphatic heterocycles. The van der Waals surface area contributed by atoms with Gasteiger partial charge >= 0.3 is 0 Å². The molecule has 1 saturated carbocycles. The first-order valence-corrected chi connectivity index (χ1v) is 18.2. The zero-order chi connectivity index (χ0) is 33.4. The molecular formula is C38H38FN7O2S. The van der Waals surface area contributed by atoms with Crippen LogP contribution < -0.4 is 4.74 Å². The third-order valence-electron chi connectivity index (χ3n) is 10.5. The second-order valence-electron chi connectivity index (χ2n) is 13.6. The number of carbonyl (C=O) groups is 1. The van der Waals surface area contributed by atoms with Gasteiger partial charge in [0, 0.05) is 60.0 Å². The van der Waals surface area contributed by atoms with E-state index in [-0.39, 0.29) is 23.7 Å². The molecule has 49 heavy (non-hydrogen) atoms. The lowest BCUT2D eigenvalue weighted by molar-refractivity contribution is -0.134. The number of fused-ring (bicyclic) bond motifs is 5. The zero-order valence-electron chi connectivity index (χ0n) is 27.8. The summed E-state index contributed by atoms with van der Waals surface area (Å²) in [4.78, 5) is 36.4. The van der Waals surface area contributed by atoms with Crippen molar-refractivity contribution in [3.63, 3.8) is 0 Å². The van der Waals surface area contributed by atoms with Crippen molar-refractivity contribution in [3.05, 3.63) is 82.3 Å². The van der Waals surface area contributed by atoms with Crippen LogP contribution in [0.15, 0.2) is 55.0 Å². The third-order valence-corrected chi connectivity index (χ3v) is 11.7. The summed E-state index contributed by atoms with van der Waals surface area (Å²) in [6.07, 6.45) is 10.6. The van der Waals surface area contributed by atoms with Crippen molar-refractivity contribution in [2.75, 3.05) is 6.54 Å². The molecule has 2 aromatic carbocycles. The minimum Gasteiger partial charge on any atom is -0.464 e. The van der Waals surface area contributed by atoms with Crippen LogP contribution in [0.5, 0.6) is 5.75 Å². The van der Waals surface area contributed by atoms with Crippen LogP contribution in [0.3, 0.4) is 0 Å². The Morgan fingerprint density at radius 1 is 1.00 bits per heavy atom. The largest absolute Gasteiger partial charge is 0.464 e. The van der Waals surface area contributed by atoms with Gasteiger partial charge in [0.2, 0.25) is 12.1 Å². The quantitative estimate of drug-likeness (QED) is 0.176. The Morgan fingerprint density at radius 3 is 2.63 bits per heavy atom. The van der Waals surface area contributed by atoms with Gasteiger partial charge in [0.25, 0.3) is 0 Å². The molecule has 6 heterocycles. The average molecular weight is 676 g/mol. The number of piperidine rings is 1. The fourth-order valence-electron chi connectivity index (χ4n) is 7.64. The van der Waals surface area contributed by atoms with Crippen molar-refractivity contribution in [2.24, 2.45) is 0 Å². The second kappa shape index (κ2) is 11.7. The van der Waals surface area contributed by atoms with E-state index in [1.807, 2.05) is 30.3 Å². The van der Waals surface area contributed by atoms with Crippen molar-refractivity contribution >= 4 is 28.1 Å². The number of amides is 1. The number of benzene rings is 2. The monoisotopic (exact) mass is 675 g/mol. The van der Waals surface area contributed by atoms with Gasteiger partial charge in [-0.3, -0.25) is 9.36 Å². The van der Waals surface area contributed by atoms with E-state index in [1.165, 1.54) is 12.8 Å². The van der Waals surface area contributed by atoms with Gasteiger partial charge in [-0.15, -0.1) is 11.3 Å². The van der Waals surface area contributed by atoms with E-state index in [1.54, 1.807) is 23.6 Å². The van der Waals surface area contributed by atoms with E-state index in [9.17, 15) is 4.79 Å². The molecule has 0 radical (unpaired) electrons. The number of hydrogen-bond acceptors (Lipinski definition) is 6. The molecule has 0 bridgehead atoms. The van der Waals surface area contributed by atoms with Crippen LogP contribution in [0.1, 0.15) is 92.5 Å². The number of halogens is 1. The van der Waals surface area contributed by atoms with Crippen LogP contribution in [0.4, 0.5) is 4.39 Å². The van der Waals surface area contributed by atoms with Crippen LogP contribution in [0.2, 0.25) is 0 Å². The van der Waals surface area contributed by atoms with Crippen molar-refractivity contribution < 1.29 is 13.9 Å². The summed E-state index contributed by atoms with van der Waals surface area (Å²) in [5.41, 5.74) is 5.53. The predicted molar refractivity (Wildman–Crippen MR) is 188 cm³/mol. The normalized spacial score (nSPS) is 20.3. The fourth-order valence-corrected chi connectivity index (χ4v) is 8.75. The maximum absolute atomic E-state index is 16.5. The molecule has 2 fully saturated rings. The molecule has 1 amide bonds. The Hall–Kier alpha value is -4.77. The summed E-state index contributed by atoms with van der Waals surface area (Å²) in [6.45, 7) is 6.85. The van der Waals surface area contributed by atoms with Crippen LogP contribution in [0, 0.1) is 5.82 Å². The van der Waals surface area contributed by atoms with Gasteiger partial charge in [-0.05, 0) is 62.9 Å². The Kier molecular flexibility index (Phi) is 7.23. The number of imidazole rings is 2. The number of thiazole rings is 1. The fraction of sp³-hybridized carbons (Fsp3) is 0.368. The summed E-state index contributed by atoms with van der Waals surface area (Å²) < 4.78 is 25.4. The number of likely N-dealkylation sites (tertiary alicyclic amines) is 1. The number of nitrogens with zero attached hydrogens (tertiary/aromatic N) is 5. The maximum Gasteiger partial charge on any atom is 0.222 e. The summed E-state index contributed by atoms with van der Waals surface area (Å²) in [5, 5.41) is 2.13. The van der Waals surface area contributed by atoms with E-state index in [0.29, 0.717) is 29.2 Å². The van der Waals surface area contributed by atoms with Crippen molar-refractivity contribution in [1.29, 1.82) is 0 Å². The second-order valence-corrected chi connectivity index (χ2v) is 14.7. The Morgan fingerprint density at radius 2 is 1.84 bits per heavy atom. The van der Waals surface area contributed by atoms with Crippen LogP contribution in [-0.4, -0.2) is 52.9 Å². The standard InChI is InChI=1S/C38H38FN7O2S/c1-4-33-40-17-27(43-33)22-10-11-29-24(13-22)15-30-35-26(39)14-23(16-31(35)48-38(46(29)30)32-19-42-37(49-32)21-8-9-21)28-18-41-36(44-28)25-7-6-12-45(20(25)3)34(47)5-2/h10-11,13-21,25,38H,4-9,12H2,1-3H3,(H,40,43)(H,41,44)/t20?,25-,38?/m1/s1. The third kappa shape index (κ3) is 5.08. The highest BCUT2D eigenvalue weighted by Gasteiger charge is 2.36. The molecule has 3 atom stereocenters. The predicted octanol–water partition coefficient (Wildman–Crippen LogP) is 8.57. The number of hydrogen-bond donors (Lipinski definition) is 2. The highest BCUT2D eigenvalue weighted by Crippen LogP contribution is 2.49. The Bertz CT molecular complexity index is 2230. The maximum atomic E-state index is 16.5. The van der Waals surface area contributed by atoms with Crippen molar-refractivity contribution in [3.8, 4) is 39.5 Å². The molecule has 2 unspecified atom stereocenters. The van der Waals surface area contributed by atoms with Gasteiger partial charge in [0.1, 0.15) is 23.2 Å². The number of rotatable bonds is 7. The molecule has 9 nitrogen and oxygen atoms in total. The zero-order valence-corrected chi connectivity index (χ0v) is 28.6. The van der Waals surface area contributed by atoms with Gasteiger partial charge < -0.3 is 19.6 Å². The number of carbonyl (C=O) groups excluding carboxylic acids is 1. The van der Waals surface area contributed by atoms with E-state index >= 15 is 4.39 Å². The first-order valence-electron chi connectivity index (χ1n) is 17.4. The van der Waals surface area contributed by atoms with Crippen LogP contribution in [-0.2, 0) is 11.2 Å². The van der Waals surface area contributed by atoms with E-state index in [2.05, 4.69) is 57.6 Å². The molecular weight excluding hydrogens is 638 g/mol. The number of nitrogens with one attached hydrogen (secondary N) is 2. The number of aryl methyl sites for hydroxylation is 1. The smallest absolute Gasteiger partial charge is 0.222 e. The lowest BCUT2D eigenvalue weighted by atomic mass is 9.89. The molecule has 6 aromatic rings. The van der Waals surface area contributed by atoms with Crippen LogP contribution >= 0.6 is 11.3 Å². The number of ether oxygens (including phenoxy) is 1. The summed E-state index contributed by atoms with van der Waals surface area (Å²) in [6, 6.07) is 11.9. The van der Waals surface area contributed by atoms with Crippen LogP contribution in [0.25, 0.3) is 44.7 Å². The lowest BCUT2D eigenvalue weighted by Crippen LogP contribution is -2.45. The SMILES string of the molecule is CCC(=O)N1CCC[C@@H](c2ncc(-c3cc(F)c4c(c3)OC(c3cnc(C5CC5)s3)n3c-4cc4cc(-c5cnc(CC)[nH]5)ccc43)[nH]2)C1C. The van der Waals surface area contributed by atoms with Crippen molar-refractivity contribution in [1.82, 2.24) is 34.4 Å². The molecule has 11 heteroatoms.